The highest BCUT2D eigenvalue weighted by atomic mass is 32.1. The second-order valence-electron chi connectivity index (χ2n) is 7.71. The maximum atomic E-state index is 13.0. The highest BCUT2D eigenvalue weighted by Gasteiger charge is 2.31. The monoisotopic (exact) mass is 528 g/mol. The second-order valence-corrected chi connectivity index (χ2v) is 8.08. The lowest BCUT2D eigenvalue weighted by atomic mass is 10.1. The predicted octanol–water partition coefficient (Wildman–Crippen LogP) is -4.32. The first-order valence-electron chi connectivity index (χ1n) is 10.8. The SMILES string of the molecule is NC(=O)CC(NC(=O)C(Cc1cnc[nH]1)NC(=O)C(N)CCCN=C(N)N)C(=O)NC(CS)C(=O)O. The molecule has 1 heterocycles. The molecule has 1 aromatic rings. The second kappa shape index (κ2) is 15.2. The van der Waals surface area contributed by atoms with Crippen molar-refractivity contribution < 1.29 is 29.1 Å². The van der Waals surface area contributed by atoms with Gasteiger partial charge in [-0.25, -0.2) is 9.78 Å². The number of imidazole rings is 1. The Kier molecular flexibility index (Phi) is 12.7. The van der Waals surface area contributed by atoms with E-state index in [4.69, 9.17) is 28.0 Å². The van der Waals surface area contributed by atoms with Gasteiger partial charge in [-0.05, 0) is 12.8 Å². The van der Waals surface area contributed by atoms with Gasteiger partial charge in [-0.2, -0.15) is 12.6 Å². The fourth-order valence-corrected chi connectivity index (χ4v) is 3.14. The van der Waals surface area contributed by atoms with Crippen LogP contribution < -0.4 is 38.9 Å². The summed E-state index contributed by atoms with van der Waals surface area (Å²) in [6, 6.07) is -5.10. The summed E-state index contributed by atoms with van der Waals surface area (Å²) < 4.78 is 0. The molecule has 0 bridgehead atoms. The molecule has 16 nitrogen and oxygen atoms in total. The molecule has 0 spiro atoms. The number of nitrogens with zero attached hydrogens (tertiary/aromatic N) is 2. The number of H-pyrrole nitrogens is 1. The van der Waals surface area contributed by atoms with Crippen molar-refractivity contribution in [1.82, 2.24) is 25.9 Å². The number of carbonyl (C=O) groups excluding carboxylic acids is 4. The number of hydrogen-bond donors (Lipinski definition) is 10. The van der Waals surface area contributed by atoms with Crippen LogP contribution in [0, 0.1) is 0 Å². The van der Waals surface area contributed by atoms with Gasteiger partial charge in [0.2, 0.25) is 23.6 Å². The minimum atomic E-state index is -1.51. The summed E-state index contributed by atoms with van der Waals surface area (Å²) in [5.74, 6) is -5.08. The van der Waals surface area contributed by atoms with Gasteiger partial charge in [0.05, 0.1) is 18.8 Å². The van der Waals surface area contributed by atoms with E-state index in [1.165, 1.54) is 12.5 Å². The van der Waals surface area contributed by atoms with Gasteiger partial charge in [-0.15, -0.1) is 0 Å². The van der Waals surface area contributed by atoms with Gasteiger partial charge in [0.1, 0.15) is 18.1 Å². The topological polar surface area (TPSA) is 287 Å². The minimum Gasteiger partial charge on any atom is -0.480 e. The van der Waals surface area contributed by atoms with Crippen LogP contribution in [0.25, 0.3) is 0 Å². The molecule has 1 rings (SSSR count). The molecule has 4 amide bonds. The molecule has 200 valence electrons. The van der Waals surface area contributed by atoms with Crippen LogP contribution in [0.2, 0.25) is 0 Å². The third kappa shape index (κ3) is 11.0. The molecule has 0 aliphatic heterocycles. The third-order valence-electron chi connectivity index (χ3n) is 4.75. The number of hydrogen-bond acceptors (Lipinski definition) is 9. The number of thiol groups is 1. The van der Waals surface area contributed by atoms with E-state index in [2.05, 4.69) is 43.5 Å². The molecule has 0 aliphatic rings. The summed E-state index contributed by atoms with van der Waals surface area (Å²) in [5.41, 5.74) is 22.1. The average Bonchev–Trinajstić information content (AvgIpc) is 3.31. The van der Waals surface area contributed by atoms with Crippen molar-refractivity contribution in [3.05, 3.63) is 18.2 Å². The number of rotatable bonds is 16. The van der Waals surface area contributed by atoms with Gasteiger partial charge in [0.25, 0.3) is 0 Å². The predicted molar refractivity (Wildman–Crippen MR) is 131 cm³/mol. The van der Waals surface area contributed by atoms with Crippen molar-refractivity contribution in [2.24, 2.45) is 27.9 Å². The first-order valence-corrected chi connectivity index (χ1v) is 11.4. The Balaban J connectivity index is 2.97. The van der Waals surface area contributed by atoms with Crippen LogP contribution >= 0.6 is 12.6 Å². The van der Waals surface area contributed by atoms with Crippen molar-refractivity contribution in [2.45, 2.75) is 49.9 Å². The van der Waals surface area contributed by atoms with Crippen molar-refractivity contribution in [1.29, 1.82) is 0 Å². The lowest BCUT2D eigenvalue weighted by Gasteiger charge is -2.24. The highest BCUT2D eigenvalue weighted by molar-refractivity contribution is 7.80. The Hall–Kier alpha value is -3.86. The number of primary amides is 1. The van der Waals surface area contributed by atoms with E-state index in [1.54, 1.807) is 0 Å². The van der Waals surface area contributed by atoms with E-state index < -0.39 is 60.2 Å². The molecule has 0 saturated heterocycles. The van der Waals surface area contributed by atoms with Crippen LogP contribution in [0.1, 0.15) is 25.0 Å². The number of aromatic amines is 1. The summed E-state index contributed by atoms with van der Waals surface area (Å²) in [6.07, 6.45) is 2.74. The molecule has 1 aromatic heterocycles. The van der Waals surface area contributed by atoms with E-state index in [-0.39, 0.29) is 31.1 Å². The van der Waals surface area contributed by atoms with E-state index in [0.29, 0.717) is 12.1 Å². The van der Waals surface area contributed by atoms with Crippen molar-refractivity contribution in [3.63, 3.8) is 0 Å². The van der Waals surface area contributed by atoms with Crippen molar-refractivity contribution in [3.8, 4) is 0 Å². The van der Waals surface area contributed by atoms with Gasteiger partial charge >= 0.3 is 5.97 Å². The molecular weight excluding hydrogens is 496 g/mol. The molecule has 36 heavy (non-hydrogen) atoms. The average molecular weight is 529 g/mol. The van der Waals surface area contributed by atoms with Crippen molar-refractivity contribution in [2.75, 3.05) is 12.3 Å². The number of aliphatic carboxylic acids is 1. The number of guanidine groups is 1. The van der Waals surface area contributed by atoms with E-state index >= 15 is 0 Å². The number of nitrogens with two attached hydrogens (primary N) is 4. The molecule has 4 atom stereocenters. The lowest BCUT2D eigenvalue weighted by Crippen LogP contribution is -2.58. The zero-order valence-corrected chi connectivity index (χ0v) is 20.2. The first-order chi connectivity index (χ1) is 16.9. The molecule has 0 aromatic carbocycles. The summed E-state index contributed by atoms with van der Waals surface area (Å²) in [4.78, 5) is 71.4. The highest BCUT2D eigenvalue weighted by Crippen LogP contribution is 2.04. The summed E-state index contributed by atoms with van der Waals surface area (Å²) >= 11 is 3.85. The van der Waals surface area contributed by atoms with Gasteiger partial charge < -0.3 is 49.0 Å². The maximum Gasteiger partial charge on any atom is 0.327 e. The summed E-state index contributed by atoms with van der Waals surface area (Å²) in [6.45, 7) is 0.259. The lowest BCUT2D eigenvalue weighted by molar-refractivity contribution is -0.141. The zero-order chi connectivity index (χ0) is 27.3. The Labute approximate surface area is 211 Å². The first kappa shape index (κ1) is 30.2. The zero-order valence-electron chi connectivity index (χ0n) is 19.3. The quantitative estimate of drug-likeness (QED) is 0.0426. The molecule has 4 unspecified atom stereocenters. The summed E-state index contributed by atoms with van der Waals surface area (Å²) in [7, 11) is 0. The van der Waals surface area contributed by atoms with Gasteiger partial charge in [0, 0.05) is 30.6 Å². The van der Waals surface area contributed by atoms with Crippen LogP contribution in [0.5, 0.6) is 0 Å². The Morgan fingerprint density at radius 2 is 1.64 bits per heavy atom. The van der Waals surface area contributed by atoms with Crippen LogP contribution in [0.4, 0.5) is 0 Å². The number of carbonyl (C=O) groups is 5. The Morgan fingerprint density at radius 1 is 1.03 bits per heavy atom. The number of carboxylic acid groups (broad SMARTS) is 1. The largest absolute Gasteiger partial charge is 0.480 e. The molecule has 13 N–H and O–H groups in total. The molecular formula is C19H32N10O6S. The molecule has 0 radical (unpaired) electrons. The van der Waals surface area contributed by atoms with Crippen LogP contribution in [0.15, 0.2) is 17.5 Å². The Bertz CT molecular complexity index is 937. The maximum absolute atomic E-state index is 13.0. The molecule has 0 fully saturated rings. The standard InChI is InChI=1S/C19H32N10O6S/c20-10(2-1-3-25-19(22)23)15(31)27-11(4-9-6-24-8-26-9)16(32)28-12(5-14(21)30)17(33)29-13(7-36)18(34)35/h6,8,10-13,36H,1-5,7,20H2,(H2,21,30)(H,24,26)(H,27,31)(H,28,32)(H,29,33)(H,34,35)(H4,22,23,25). The van der Waals surface area contributed by atoms with E-state index in [9.17, 15) is 24.0 Å². The molecule has 0 aliphatic carbocycles. The molecule has 0 saturated carbocycles. The smallest absolute Gasteiger partial charge is 0.327 e. The van der Waals surface area contributed by atoms with Crippen LogP contribution in [-0.2, 0) is 30.4 Å². The van der Waals surface area contributed by atoms with Gasteiger partial charge in [-0.3, -0.25) is 24.2 Å². The van der Waals surface area contributed by atoms with Gasteiger partial charge in [-0.1, -0.05) is 0 Å². The fraction of sp³-hybridized carbons (Fsp3) is 0.526. The number of aliphatic imine (C=N–C) groups is 1. The summed E-state index contributed by atoms with van der Waals surface area (Å²) in [5, 5.41) is 16.1. The third-order valence-corrected chi connectivity index (χ3v) is 5.12. The molecule has 17 heteroatoms. The van der Waals surface area contributed by atoms with Crippen LogP contribution in [-0.4, -0.2) is 87.1 Å². The Morgan fingerprint density at radius 3 is 2.17 bits per heavy atom. The van der Waals surface area contributed by atoms with E-state index in [0.717, 1.165) is 0 Å². The van der Waals surface area contributed by atoms with Crippen molar-refractivity contribution >= 4 is 48.2 Å². The number of nitrogens with one attached hydrogen (secondary N) is 4. The van der Waals surface area contributed by atoms with Crippen LogP contribution in [0.3, 0.4) is 0 Å². The van der Waals surface area contributed by atoms with Gasteiger partial charge in [0.15, 0.2) is 5.96 Å². The number of aromatic nitrogens is 2. The van der Waals surface area contributed by atoms with E-state index in [1.807, 2.05) is 0 Å². The normalized spacial score (nSPS) is 13.9. The number of amides is 4. The fourth-order valence-electron chi connectivity index (χ4n) is 2.90. The minimum absolute atomic E-state index is 0.0579. The number of carboxylic acids is 1.